The molecule has 0 saturated carbocycles. The van der Waals surface area contributed by atoms with Crippen molar-refractivity contribution in [3.63, 3.8) is 0 Å². The topological polar surface area (TPSA) is 66.6 Å². The normalized spacial score (nSPS) is 12.2. The highest BCUT2D eigenvalue weighted by Crippen LogP contribution is 2.09. The van der Waals surface area contributed by atoms with Crippen LogP contribution in [0.3, 0.4) is 0 Å². The number of amides is 1. The van der Waals surface area contributed by atoms with Crippen LogP contribution >= 0.6 is 0 Å². The van der Waals surface area contributed by atoms with Gasteiger partial charge in [-0.3, -0.25) is 4.79 Å². The fourth-order valence-corrected chi connectivity index (χ4v) is 1.48. The van der Waals surface area contributed by atoms with Gasteiger partial charge in [-0.15, -0.1) is 0 Å². The molecule has 1 unspecified atom stereocenters. The zero-order valence-electron chi connectivity index (χ0n) is 9.68. The molecule has 1 amide bonds. The molecule has 1 rings (SSSR count). The summed E-state index contributed by atoms with van der Waals surface area (Å²) in [6, 6.07) is 7.05. The number of aryl methyl sites for hydroxylation is 1. The standard InChI is InChI=1S/C12H18N2O2/c1-9-5-3-4-6-10(9)7-14(2)12(16)11(13)8-15/h3-6,11,15H,7-8,13H2,1-2H3. The fraction of sp³-hybridized carbons (Fsp3) is 0.417. The number of hydrogen-bond donors (Lipinski definition) is 2. The van der Waals surface area contributed by atoms with Gasteiger partial charge in [0.2, 0.25) is 5.91 Å². The largest absolute Gasteiger partial charge is 0.394 e. The van der Waals surface area contributed by atoms with Gasteiger partial charge >= 0.3 is 0 Å². The molecule has 1 atom stereocenters. The summed E-state index contributed by atoms with van der Waals surface area (Å²) in [5, 5.41) is 8.80. The maximum Gasteiger partial charge on any atom is 0.241 e. The van der Waals surface area contributed by atoms with Crippen LogP contribution in [0.1, 0.15) is 11.1 Å². The Morgan fingerprint density at radius 1 is 1.50 bits per heavy atom. The summed E-state index contributed by atoms with van der Waals surface area (Å²) in [5.41, 5.74) is 7.69. The molecule has 4 heteroatoms. The van der Waals surface area contributed by atoms with Crippen molar-refractivity contribution in [2.24, 2.45) is 5.73 Å². The van der Waals surface area contributed by atoms with E-state index in [0.717, 1.165) is 11.1 Å². The predicted molar refractivity (Wildman–Crippen MR) is 62.7 cm³/mol. The SMILES string of the molecule is Cc1ccccc1CN(C)C(=O)C(N)CO. The van der Waals surface area contributed by atoms with Crippen molar-refractivity contribution in [3.8, 4) is 0 Å². The van der Waals surface area contributed by atoms with Crippen molar-refractivity contribution < 1.29 is 9.90 Å². The molecule has 0 aliphatic carbocycles. The van der Waals surface area contributed by atoms with E-state index in [1.54, 1.807) is 7.05 Å². The van der Waals surface area contributed by atoms with Gasteiger partial charge in [0.1, 0.15) is 6.04 Å². The minimum absolute atomic E-state index is 0.245. The van der Waals surface area contributed by atoms with Gasteiger partial charge in [0, 0.05) is 13.6 Å². The van der Waals surface area contributed by atoms with Gasteiger partial charge in [-0.25, -0.2) is 0 Å². The Labute approximate surface area is 95.7 Å². The molecule has 1 aromatic carbocycles. The van der Waals surface area contributed by atoms with Crippen LogP contribution < -0.4 is 5.73 Å². The van der Waals surface area contributed by atoms with Crippen molar-refractivity contribution in [1.29, 1.82) is 0 Å². The molecule has 4 nitrogen and oxygen atoms in total. The van der Waals surface area contributed by atoms with E-state index in [9.17, 15) is 4.79 Å². The average molecular weight is 222 g/mol. The zero-order chi connectivity index (χ0) is 12.1. The van der Waals surface area contributed by atoms with Crippen LogP contribution in [-0.4, -0.2) is 35.6 Å². The Bertz CT molecular complexity index is 366. The smallest absolute Gasteiger partial charge is 0.241 e. The third-order valence-electron chi connectivity index (χ3n) is 2.56. The number of nitrogens with two attached hydrogens (primary N) is 1. The van der Waals surface area contributed by atoms with Gasteiger partial charge < -0.3 is 15.7 Å². The van der Waals surface area contributed by atoms with Crippen molar-refractivity contribution in [2.45, 2.75) is 19.5 Å². The lowest BCUT2D eigenvalue weighted by molar-refractivity contribution is -0.132. The van der Waals surface area contributed by atoms with Gasteiger partial charge in [0.15, 0.2) is 0 Å². The molecule has 0 fully saturated rings. The molecule has 0 aliphatic rings. The zero-order valence-corrected chi connectivity index (χ0v) is 9.68. The Balaban J connectivity index is 2.68. The van der Waals surface area contributed by atoms with Crippen molar-refractivity contribution in [3.05, 3.63) is 35.4 Å². The van der Waals surface area contributed by atoms with Crippen LogP contribution in [0.4, 0.5) is 0 Å². The highest BCUT2D eigenvalue weighted by molar-refractivity contribution is 5.81. The lowest BCUT2D eigenvalue weighted by Gasteiger charge is -2.21. The number of rotatable bonds is 4. The van der Waals surface area contributed by atoms with Gasteiger partial charge in [-0.1, -0.05) is 24.3 Å². The van der Waals surface area contributed by atoms with Crippen LogP contribution in [0, 0.1) is 6.92 Å². The highest BCUT2D eigenvalue weighted by Gasteiger charge is 2.17. The molecule has 0 saturated heterocycles. The molecular formula is C12H18N2O2. The van der Waals surface area contributed by atoms with Gasteiger partial charge in [-0.05, 0) is 18.1 Å². The second kappa shape index (κ2) is 5.63. The first-order chi connectivity index (χ1) is 7.56. The number of benzene rings is 1. The quantitative estimate of drug-likeness (QED) is 0.768. The van der Waals surface area contributed by atoms with E-state index in [0.29, 0.717) is 6.54 Å². The van der Waals surface area contributed by atoms with E-state index in [4.69, 9.17) is 10.8 Å². The number of hydrogen-bond acceptors (Lipinski definition) is 3. The van der Waals surface area contributed by atoms with Gasteiger partial charge in [-0.2, -0.15) is 0 Å². The number of carbonyl (C=O) groups excluding carboxylic acids is 1. The number of nitrogens with zero attached hydrogens (tertiary/aromatic N) is 1. The maximum atomic E-state index is 11.6. The molecule has 0 radical (unpaired) electrons. The average Bonchev–Trinajstić information content (AvgIpc) is 2.30. The van der Waals surface area contributed by atoms with E-state index in [-0.39, 0.29) is 12.5 Å². The Morgan fingerprint density at radius 3 is 2.69 bits per heavy atom. The van der Waals surface area contributed by atoms with E-state index < -0.39 is 6.04 Å². The molecule has 0 bridgehead atoms. The van der Waals surface area contributed by atoms with Crippen LogP contribution in [0.2, 0.25) is 0 Å². The molecule has 0 spiro atoms. The van der Waals surface area contributed by atoms with Crippen LogP contribution in [-0.2, 0) is 11.3 Å². The number of carbonyl (C=O) groups is 1. The molecule has 88 valence electrons. The minimum atomic E-state index is -0.825. The molecule has 1 aromatic rings. The molecular weight excluding hydrogens is 204 g/mol. The summed E-state index contributed by atoms with van der Waals surface area (Å²) in [5.74, 6) is -0.245. The molecule has 3 N–H and O–H groups in total. The highest BCUT2D eigenvalue weighted by atomic mass is 16.3. The lowest BCUT2D eigenvalue weighted by Crippen LogP contribution is -2.43. The first-order valence-corrected chi connectivity index (χ1v) is 5.22. The Hall–Kier alpha value is -1.39. The van der Waals surface area contributed by atoms with Crippen molar-refractivity contribution >= 4 is 5.91 Å². The summed E-state index contributed by atoms with van der Waals surface area (Å²) in [4.78, 5) is 13.2. The summed E-state index contributed by atoms with van der Waals surface area (Å²) in [7, 11) is 1.68. The summed E-state index contributed by atoms with van der Waals surface area (Å²) >= 11 is 0. The monoisotopic (exact) mass is 222 g/mol. The summed E-state index contributed by atoms with van der Waals surface area (Å²) < 4.78 is 0. The van der Waals surface area contributed by atoms with Crippen LogP contribution in [0.25, 0.3) is 0 Å². The predicted octanol–water partition coefficient (Wildman–Crippen LogP) is 0.273. The number of aliphatic hydroxyl groups is 1. The number of aliphatic hydroxyl groups excluding tert-OH is 1. The van der Waals surface area contributed by atoms with E-state index in [2.05, 4.69) is 0 Å². The van der Waals surface area contributed by atoms with Crippen LogP contribution in [0.15, 0.2) is 24.3 Å². The minimum Gasteiger partial charge on any atom is -0.394 e. The van der Waals surface area contributed by atoms with E-state index >= 15 is 0 Å². The van der Waals surface area contributed by atoms with Crippen molar-refractivity contribution in [1.82, 2.24) is 4.90 Å². The summed E-state index contributed by atoms with van der Waals surface area (Å²) in [6.45, 7) is 2.19. The Morgan fingerprint density at radius 2 is 2.12 bits per heavy atom. The van der Waals surface area contributed by atoms with E-state index in [1.807, 2.05) is 31.2 Å². The Kier molecular flexibility index (Phi) is 4.46. The second-order valence-electron chi connectivity index (χ2n) is 3.91. The molecule has 0 aromatic heterocycles. The first kappa shape index (κ1) is 12.7. The van der Waals surface area contributed by atoms with E-state index in [1.165, 1.54) is 4.90 Å². The van der Waals surface area contributed by atoms with Crippen molar-refractivity contribution in [2.75, 3.05) is 13.7 Å². The lowest BCUT2D eigenvalue weighted by atomic mass is 10.1. The third-order valence-corrected chi connectivity index (χ3v) is 2.56. The third kappa shape index (κ3) is 3.05. The number of likely N-dealkylation sites (N-methyl/N-ethyl adjacent to an activating group) is 1. The first-order valence-electron chi connectivity index (χ1n) is 5.22. The van der Waals surface area contributed by atoms with Gasteiger partial charge in [0.05, 0.1) is 6.61 Å². The molecule has 16 heavy (non-hydrogen) atoms. The van der Waals surface area contributed by atoms with Gasteiger partial charge in [0.25, 0.3) is 0 Å². The summed E-state index contributed by atoms with van der Waals surface area (Å²) in [6.07, 6.45) is 0. The van der Waals surface area contributed by atoms with Crippen LogP contribution in [0.5, 0.6) is 0 Å². The second-order valence-corrected chi connectivity index (χ2v) is 3.91. The maximum absolute atomic E-state index is 11.6. The molecule has 0 heterocycles. The molecule has 0 aliphatic heterocycles. The fourth-order valence-electron chi connectivity index (χ4n) is 1.48.